The predicted octanol–water partition coefficient (Wildman–Crippen LogP) is 3.04. The Hall–Kier alpha value is -1.38. The van der Waals surface area contributed by atoms with E-state index in [2.05, 4.69) is 41.8 Å². The molecule has 3 nitrogen and oxygen atoms in total. The zero-order valence-corrected chi connectivity index (χ0v) is 9.54. The summed E-state index contributed by atoms with van der Waals surface area (Å²) < 4.78 is 0. The molecule has 1 N–H and O–H groups in total. The van der Waals surface area contributed by atoms with Crippen molar-refractivity contribution in [3.8, 4) is 0 Å². The molecule has 0 saturated heterocycles. The lowest BCUT2D eigenvalue weighted by molar-refractivity contribution is 0.429. The fourth-order valence-corrected chi connectivity index (χ4v) is 1.83. The lowest BCUT2D eigenvalue weighted by atomic mass is 9.81. The van der Waals surface area contributed by atoms with Gasteiger partial charge in [-0.2, -0.15) is 0 Å². The number of nitrogens with one attached hydrogen (secondary N) is 1. The maximum absolute atomic E-state index is 4.22. The summed E-state index contributed by atoms with van der Waals surface area (Å²) in [7, 11) is 0. The van der Waals surface area contributed by atoms with Crippen molar-refractivity contribution in [2.45, 2.75) is 39.0 Å². The number of H-pyrrole nitrogens is 1. The van der Waals surface area contributed by atoms with Gasteiger partial charge in [0.2, 0.25) is 0 Å². The van der Waals surface area contributed by atoms with E-state index in [0.717, 1.165) is 23.9 Å². The number of aromatic nitrogens is 3. The number of aromatic amines is 1. The van der Waals surface area contributed by atoms with E-state index >= 15 is 0 Å². The fourth-order valence-electron chi connectivity index (χ4n) is 1.83. The van der Waals surface area contributed by atoms with Gasteiger partial charge in [-0.15, -0.1) is 0 Å². The smallest absolute Gasteiger partial charge is 0.140 e. The van der Waals surface area contributed by atoms with Crippen LogP contribution in [0.25, 0.3) is 11.0 Å². The minimum Gasteiger partial charge on any atom is -0.343 e. The number of hydrogen-bond donors (Lipinski definition) is 1. The summed E-state index contributed by atoms with van der Waals surface area (Å²) >= 11 is 0. The Kier molecular flexibility index (Phi) is 2.47. The topological polar surface area (TPSA) is 41.6 Å². The third-order valence-electron chi connectivity index (χ3n) is 3.50. The molecule has 0 atom stereocenters. The molecule has 2 heterocycles. The molecule has 0 fully saturated rings. The van der Waals surface area contributed by atoms with Crippen LogP contribution in [0.4, 0.5) is 0 Å². The van der Waals surface area contributed by atoms with Crippen LogP contribution in [0.5, 0.6) is 0 Å². The first kappa shape index (κ1) is 10.1. The largest absolute Gasteiger partial charge is 0.343 e. The SMILES string of the molecule is CCC(C)(CC)c1cc2cncnc2[nH]1. The molecule has 2 aromatic heterocycles. The van der Waals surface area contributed by atoms with Gasteiger partial charge in [-0.1, -0.05) is 20.8 Å². The highest BCUT2D eigenvalue weighted by atomic mass is 14.9. The lowest BCUT2D eigenvalue weighted by Gasteiger charge is -2.25. The second-order valence-corrected chi connectivity index (χ2v) is 4.28. The van der Waals surface area contributed by atoms with Gasteiger partial charge in [0.25, 0.3) is 0 Å². The van der Waals surface area contributed by atoms with E-state index in [0.29, 0.717) is 0 Å². The molecule has 80 valence electrons. The van der Waals surface area contributed by atoms with Crippen LogP contribution in [-0.2, 0) is 5.41 Å². The number of fused-ring (bicyclic) bond motifs is 1. The average Bonchev–Trinajstić information content (AvgIpc) is 2.72. The van der Waals surface area contributed by atoms with Crippen LogP contribution in [0, 0.1) is 0 Å². The summed E-state index contributed by atoms with van der Waals surface area (Å²) in [6, 6.07) is 2.17. The van der Waals surface area contributed by atoms with Gasteiger partial charge in [0, 0.05) is 22.7 Å². The summed E-state index contributed by atoms with van der Waals surface area (Å²) in [6.45, 7) is 6.73. The van der Waals surface area contributed by atoms with Crippen LogP contribution in [0.2, 0.25) is 0 Å². The molecule has 0 spiro atoms. The molecule has 0 aliphatic heterocycles. The first-order chi connectivity index (χ1) is 7.19. The van der Waals surface area contributed by atoms with Crippen molar-refractivity contribution in [1.82, 2.24) is 15.0 Å². The van der Waals surface area contributed by atoms with Crippen LogP contribution < -0.4 is 0 Å². The van der Waals surface area contributed by atoms with Gasteiger partial charge in [0.05, 0.1) is 0 Å². The Balaban J connectivity index is 2.52. The van der Waals surface area contributed by atoms with Gasteiger partial charge < -0.3 is 4.98 Å². The molecule has 0 bridgehead atoms. The molecule has 0 aromatic carbocycles. The normalized spacial score (nSPS) is 12.2. The van der Waals surface area contributed by atoms with E-state index in [9.17, 15) is 0 Å². The van der Waals surface area contributed by atoms with E-state index in [1.807, 2.05) is 6.20 Å². The average molecular weight is 203 g/mol. The van der Waals surface area contributed by atoms with Crippen molar-refractivity contribution in [3.05, 3.63) is 24.3 Å². The summed E-state index contributed by atoms with van der Waals surface area (Å²) in [5.74, 6) is 0. The molecule has 2 aromatic rings. The summed E-state index contributed by atoms with van der Waals surface area (Å²) in [6.07, 6.45) is 5.69. The molecule has 0 saturated carbocycles. The maximum Gasteiger partial charge on any atom is 0.140 e. The molecule has 0 unspecified atom stereocenters. The lowest BCUT2D eigenvalue weighted by Crippen LogP contribution is -2.19. The van der Waals surface area contributed by atoms with Crippen molar-refractivity contribution in [2.24, 2.45) is 0 Å². The van der Waals surface area contributed by atoms with E-state index in [1.54, 1.807) is 6.33 Å². The quantitative estimate of drug-likeness (QED) is 0.833. The van der Waals surface area contributed by atoms with Gasteiger partial charge in [-0.05, 0) is 18.9 Å². The van der Waals surface area contributed by atoms with E-state index in [-0.39, 0.29) is 5.41 Å². The number of hydrogen-bond acceptors (Lipinski definition) is 2. The molecule has 0 aliphatic carbocycles. The van der Waals surface area contributed by atoms with Crippen LogP contribution in [0.3, 0.4) is 0 Å². The standard InChI is InChI=1S/C12H17N3/c1-4-12(3,5-2)10-6-9-7-13-8-14-11(9)15-10/h6-8H,4-5H2,1-3H3,(H,13,14,15). The Morgan fingerprint density at radius 1 is 1.33 bits per heavy atom. The van der Waals surface area contributed by atoms with Gasteiger partial charge in [-0.3, -0.25) is 0 Å². The first-order valence-electron chi connectivity index (χ1n) is 5.49. The Morgan fingerprint density at radius 3 is 2.67 bits per heavy atom. The van der Waals surface area contributed by atoms with Crippen LogP contribution in [0.1, 0.15) is 39.3 Å². The van der Waals surface area contributed by atoms with Gasteiger partial charge >= 0.3 is 0 Å². The van der Waals surface area contributed by atoms with Gasteiger partial charge in [-0.25, -0.2) is 9.97 Å². The minimum atomic E-state index is 0.223. The fraction of sp³-hybridized carbons (Fsp3) is 0.500. The van der Waals surface area contributed by atoms with Gasteiger partial charge in [0.1, 0.15) is 12.0 Å². The zero-order chi connectivity index (χ0) is 10.9. The van der Waals surface area contributed by atoms with Crippen molar-refractivity contribution in [2.75, 3.05) is 0 Å². The van der Waals surface area contributed by atoms with Crippen molar-refractivity contribution in [1.29, 1.82) is 0 Å². The Bertz CT molecular complexity index is 422. The third kappa shape index (κ3) is 1.62. The third-order valence-corrected chi connectivity index (χ3v) is 3.50. The maximum atomic E-state index is 4.22. The molecular formula is C12H17N3. The zero-order valence-electron chi connectivity index (χ0n) is 9.54. The highest BCUT2D eigenvalue weighted by Gasteiger charge is 2.24. The van der Waals surface area contributed by atoms with Crippen molar-refractivity contribution in [3.63, 3.8) is 0 Å². The second-order valence-electron chi connectivity index (χ2n) is 4.28. The van der Waals surface area contributed by atoms with Crippen LogP contribution in [0.15, 0.2) is 18.6 Å². The number of rotatable bonds is 3. The highest BCUT2D eigenvalue weighted by molar-refractivity contribution is 5.75. The summed E-state index contributed by atoms with van der Waals surface area (Å²) in [4.78, 5) is 11.6. The van der Waals surface area contributed by atoms with Crippen molar-refractivity contribution >= 4 is 11.0 Å². The molecule has 0 radical (unpaired) electrons. The molecule has 0 aliphatic rings. The van der Waals surface area contributed by atoms with E-state index in [1.165, 1.54) is 5.69 Å². The molecular weight excluding hydrogens is 186 g/mol. The molecule has 3 heteroatoms. The van der Waals surface area contributed by atoms with E-state index in [4.69, 9.17) is 0 Å². The molecule has 15 heavy (non-hydrogen) atoms. The molecule has 2 rings (SSSR count). The van der Waals surface area contributed by atoms with Crippen molar-refractivity contribution < 1.29 is 0 Å². The Labute approximate surface area is 90.0 Å². The monoisotopic (exact) mass is 203 g/mol. The second kappa shape index (κ2) is 3.65. The number of nitrogens with zero attached hydrogens (tertiary/aromatic N) is 2. The van der Waals surface area contributed by atoms with Gasteiger partial charge in [0.15, 0.2) is 0 Å². The van der Waals surface area contributed by atoms with E-state index < -0.39 is 0 Å². The first-order valence-corrected chi connectivity index (χ1v) is 5.49. The predicted molar refractivity (Wildman–Crippen MR) is 61.8 cm³/mol. The highest BCUT2D eigenvalue weighted by Crippen LogP contribution is 2.31. The Morgan fingerprint density at radius 2 is 2.07 bits per heavy atom. The summed E-state index contributed by atoms with van der Waals surface area (Å²) in [5, 5.41) is 1.10. The summed E-state index contributed by atoms with van der Waals surface area (Å²) in [5.41, 5.74) is 2.43. The van der Waals surface area contributed by atoms with Crippen LogP contribution >= 0.6 is 0 Å². The van der Waals surface area contributed by atoms with Crippen LogP contribution in [-0.4, -0.2) is 15.0 Å². The molecule has 0 amide bonds. The minimum absolute atomic E-state index is 0.223.